The molecule has 0 spiro atoms. The predicted molar refractivity (Wildman–Crippen MR) is 73.2 cm³/mol. The van der Waals surface area contributed by atoms with Crippen LogP contribution in [-0.2, 0) is 7.05 Å². The molecule has 0 bridgehead atoms. The van der Waals surface area contributed by atoms with Gasteiger partial charge in [-0.3, -0.25) is 14.9 Å². The maximum atomic E-state index is 12.2. The van der Waals surface area contributed by atoms with Crippen molar-refractivity contribution < 1.29 is 0 Å². The van der Waals surface area contributed by atoms with Crippen molar-refractivity contribution in [1.29, 1.82) is 0 Å². The number of hydrogen-bond donors (Lipinski definition) is 1. The van der Waals surface area contributed by atoms with Gasteiger partial charge in [-0.15, -0.1) is 0 Å². The van der Waals surface area contributed by atoms with Gasteiger partial charge in [-0.05, 0) is 24.3 Å². The lowest BCUT2D eigenvalue weighted by molar-refractivity contribution is 0.779. The highest BCUT2D eigenvalue weighted by atomic mass is 35.5. The van der Waals surface area contributed by atoms with E-state index in [9.17, 15) is 4.79 Å². The topological polar surface area (TPSA) is 64.7 Å². The van der Waals surface area contributed by atoms with Gasteiger partial charge in [0.05, 0.1) is 11.9 Å². The molecule has 1 N–H and O–H groups in total. The Bertz CT molecular complexity index is 790. The normalized spacial score (nSPS) is 10.8. The van der Waals surface area contributed by atoms with Crippen LogP contribution in [-0.4, -0.2) is 19.4 Å². The SMILES string of the molecule is Cn1ncc2c(=O)n(Nc3ccc(Cl)cc3)cnc21. The van der Waals surface area contributed by atoms with Gasteiger partial charge in [-0.2, -0.15) is 5.10 Å². The summed E-state index contributed by atoms with van der Waals surface area (Å²) in [6, 6.07) is 7.04. The lowest BCUT2D eigenvalue weighted by Crippen LogP contribution is -2.26. The second-order valence-electron chi connectivity index (χ2n) is 4.04. The van der Waals surface area contributed by atoms with Gasteiger partial charge in [0.1, 0.15) is 11.7 Å². The van der Waals surface area contributed by atoms with Gasteiger partial charge < -0.3 is 0 Å². The summed E-state index contributed by atoms with van der Waals surface area (Å²) >= 11 is 5.81. The van der Waals surface area contributed by atoms with Crippen molar-refractivity contribution in [2.45, 2.75) is 0 Å². The highest BCUT2D eigenvalue weighted by Crippen LogP contribution is 2.13. The highest BCUT2D eigenvalue weighted by molar-refractivity contribution is 6.30. The molecule has 2 heterocycles. The van der Waals surface area contributed by atoms with E-state index in [1.807, 2.05) is 0 Å². The maximum Gasteiger partial charge on any atom is 0.283 e. The molecule has 0 amide bonds. The van der Waals surface area contributed by atoms with Crippen molar-refractivity contribution in [2.24, 2.45) is 7.05 Å². The second-order valence-corrected chi connectivity index (χ2v) is 4.48. The fourth-order valence-electron chi connectivity index (χ4n) is 1.77. The van der Waals surface area contributed by atoms with Gasteiger partial charge in [-0.25, -0.2) is 9.66 Å². The molecule has 0 unspecified atom stereocenters. The first kappa shape index (κ1) is 11.7. The van der Waals surface area contributed by atoms with Crippen molar-refractivity contribution in [3.8, 4) is 0 Å². The molecule has 96 valence electrons. The van der Waals surface area contributed by atoms with Crippen molar-refractivity contribution >= 4 is 28.3 Å². The van der Waals surface area contributed by atoms with E-state index in [4.69, 9.17) is 11.6 Å². The molecule has 2 aromatic heterocycles. The summed E-state index contributed by atoms with van der Waals surface area (Å²) in [4.78, 5) is 16.4. The van der Waals surface area contributed by atoms with Crippen LogP contribution >= 0.6 is 11.6 Å². The third kappa shape index (κ3) is 2.06. The number of benzene rings is 1. The molecule has 6 nitrogen and oxygen atoms in total. The first-order valence-electron chi connectivity index (χ1n) is 5.57. The second kappa shape index (κ2) is 4.40. The molecule has 19 heavy (non-hydrogen) atoms. The van der Waals surface area contributed by atoms with E-state index in [0.717, 1.165) is 5.69 Å². The van der Waals surface area contributed by atoms with Crippen LogP contribution in [0.5, 0.6) is 0 Å². The lowest BCUT2D eigenvalue weighted by Gasteiger charge is -2.08. The Balaban J connectivity index is 2.04. The summed E-state index contributed by atoms with van der Waals surface area (Å²) in [6.45, 7) is 0. The van der Waals surface area contributed by atoms with Gasteiger partial charge in [0.15, 0.2) is 5.65 Å². The Morgan fingerprint density at radius 2 is 2.00 bits per heavy atom. The number of aromatic nitrogens is 4. The number of anilines is 1. The summed E-state index contributed by atoms with van der Waals surface area (Å²) in [5.74, 6) is 0. The lowest BCUT2D eigenvalue weighted by atomic mass is 10.3. The molecular formula is C12H10ClN5O. The Labute approximate surface area is 113 Å². The zero-order chi connectivity index (χ0) is 13.4. The first-order chi connectivity index (χ1) is 9.15. The predicted octanol–water partition coefficient (Wildman–Crippen LogP) is 1.66. The molecule has 3 aromatic rings. The zero-order valence-corrected chi connectivity index (χ0v) is 10.8. The van der Waals surface area contributed by atoms with E-state index in [-0.39, 0.29) is 5.56 Å². The van der Waals surface area contributed by atoms with Crippen molar-refractivity contribution in [3.63, 3.8) is 0 Å². The van der Waals surface area contributed by atoms with Crippen molar-refractivity contribution in [3.05, 3.63) is 52.2 Å². The van der Waals surface area contributed by atoms with E-state index in [1.54, 1.807) is 36.0 Å². The minimum atomic E-state index is -0.201. The van der Waals surface area contributed by atoms with E-state index >= 15 is 0 Å². The van der Waals surface area contributed by atoms with Crippen LogP contribution < -0.4 is 11.0 Å². The fourth-order valence-corrected chi connectivity index (χ4v) is 1.90. The summed E-state index contributed by atoms with van der Waals surface area (Å²) in [5.41, 5.74) is 4.05. The molecule has 7 heteroatoms. The van der Waals surface area contributed by atoms with E-state index in [1.165, 1.54) is 17.2 Å². The van der Waals surface area contributed by atoms with Gasteiger partial charge in [0.2, 0.25) is 0 Å². The van der Waals surface area contributed by atoms with Crippen molar-refractivity contribution in [2.75, 3.05) is 5.43 Å². The third-order valence-electron chi connectivity index (χ3n) is 2.75. The number of rotatable bonds is 2. The first-order valence-corrected chi connectivity index (χ1v) is 5.95. The summed E-state index contributed by atoms with van der Waals surface area (Å²) < 4.78 is 2.87. The average Bonchev–Trinajstić information content (AvgIpc) is 2.78. The zero-order valence-electron chi connectivity index (χ0n) is 10.0. The molecular weight excluding hydrogens is 266 g/mol. The molecule has 0 radical (unpaired) electrons. The van der Waals surface area contributed by atoms with Crippen LogP contribution in [0.4, 0.5) is 5.69 Å². The summed E-state index contributed by atoms with van der Waals surface area (Å²) in [6.07, 6.45) is 2.94. The summed E-state index contributed by atoms with van der Waals surface area (Å²) in [7, 11) is 1.74. The fraction of sp³-hybridized carbons (Fsp3) is 0.0833. The van der Waals surface area contributed by atoms with E-state index in [0.29, 0.717) is 16.1 Å². The smallest absolute Gasteiger partial charge is 0.283 e. The van der Waals surface area contributed by atoms with Crippen LogP contribution in [0.15, 0.2) is 41.6 Å². The minimum Gasteiger partial charge on any atom is -0.290 e. The van der Waals surface area contributed by atoms with Gasteiger partial charge in [0, 0.05) is 12.1 Å². The number of fused-ring (bicyclic) bond motifs is 1. The molecule has 1 aromatic carbocycles. The molecule has 0 aliphatic carbocycles. The summed E-state index contributed by atoms with van der Waals surface area (Å²) in [5, 5.41) is 5.11. The Kier molecular flexibility index (Phi) is 2.72. The third-order valence-corrected chi connectivity index (χ3v) is 3.00. The number of hydrogen-bond acceptors (Lipinski definition) is 4. The van der Waals surface area contributed by atoms with Crippen LogP contribution in [0.25, 0.3) is 11.0 Å². The van der Waals surface area contributed by atoms with Crippen LogP contribution in [0, 0.1) is 0 Å². The largest absolute Gasteiger partial charge is 0.290 e. The molecule has 0 aliphatic rings. The minimum absolute atomic E-state index is 0.201. The number of nitrogens with one attached hydrogen (secondary N) is 1. The number of halogens is 1. The molecule has 0 atom stereocenters. The monoisotopic (exact) mass is 275 g/mol. The van der Waals surface area contributed by atoms with Crippen LogP contribution in [0.3, 0.4) is 0 Å². The quantitative estimate of drug-likeness (QED) is 0.772. The Hall–Kier alpha value is -2.34. The Morgan fingerprint density at radius 1 is 1.26 bits per heavy atom. The standard InChI is InChI=1S/C12H10ClN5O/c1-17-11-10(6-15-17)12(19)18(7-14-11)16-9-4-2-8(13)3-5-9/h2-7,16H,1H3. The Morgan fingerprint density at radius 3 is 2.74 bits per heavy atom. The van der Waals surface area contributed by atoms with Gasteiger partial charge >= 0.3 is 0 Å². The molecule has 0 fully saturated rings. The molecule has 0 saturated carbocycles. The maximum absolute atomic E-state index is 12.2. The molecule has 0 aliphatic heterocycles. The van der Waals surface area contributed by atoms with E-state index < -0.39 is 0 Å². The van der Waals surface area contributed by atoms with Crippen LogP contribution in [0.1, 0.15) is 0 Å². The number of nitrogens with zero attached hydrogens (tertiary/aromatic N) is 4. The number of aryl methyl sites for hydroxylation is 1. The van der Waals surface area contributed by atoms with Crippen molar-refractivity contribution in [1.82, 2.24) is 19.4 Å². The van der Waals surface area contributed by atoms with E-state index in [2.05, 4.69) is 15.5 Å². The van der Waals surface area contributed by atoms with Crippen LogP contribution in [0.2, 0.25) is 5.02 Å². The molecule has 0 saturated heterocycles. The van der Waals surface area contributed by atoms with Gasteiger partial charge in [0.25, 0.3) is 5.56 Å². The highest BCUT2D eigenvalue weighted by Gasteiger charge is 2.07. The van der Waals surface area contributed by atoms with Gasteiger partial charge in [-0.1, -0.05) is 11.6 Å². The molecule has 3 rings (SSSR count). The average molecular weight is 276 g/mol.